The summed E-state index contributed by atoms with van der Waals surface area (Å²) in [5, 5.41) is 3.17. The zero-order chi connectivity index (χ0) is 24.3. The highest BCUT2D eigenvalue weighted by Crippen LogP contribution is 2.35. The van der Waals surface area contributed by atoms with Gasteiger partial charge in [0.2, 0.25) is 5.91 Å². The van der Waals surface area contributed by atoms with Crippen LogP contribution in [0.25, 0.3) is 0 Å². The maximum Gasteiger partial charge on any atom is 0.416 e. The van der Waals surface area contributed by atoms with E-state index < -0.39 is 17.3 Å². The third-order valence-corrected chi connectivity index (χ3v) is 7.20. The van der Waals surface area contributed by atoms with Crippen molar-refractivity contribution in [3.8, 4) is 5.75 Å². The number of hydrogen-bond donors (Lipinski definition) is 1. The number of alkyl halides is 3. The van der Waals surface area contributed by atoms with Gasteiger partial charge < -0.3 is 14.8 Å². The van der Waals surface area contributed by atoms with Crippen molar-refractivity contribution in [2.75, 3.05) is 26.3 Å². The molecule has 2 saturated heterocycles. The number of likely N-dealkylation sites (tertiary alicyclic amines) is 1. The minimum atomic E-state index is -4.42. The number of amides is 1. The van der Waals surface area contributed by atoms with Crippen LogP contribution in [0.5, 0.6) is 5.75 Å². The Bertz CT molecular complexity index is 994. The second-order valence-corrected chi connectivity index (χ2v) is 9.81. The quantitative estimate of drug-likeness (QED) is 0.536. The van der Waals surface area contributed by atoms with Crippen LogP contribution in [-0.2, 0) is 15.7 Å². The summed E-state index contributed by atoms with van der Waals surface area (Å²) in [5.41, 5.74) is -0.457. The largest absolute Gasteiger partial charge is 0.489 e. The maximum absolute atomic E-state index is 13.6. The van der Waals surface area contributed by atoms with Crippen molar-refractivity contribution in [2.45, 2.75) is 50.0 Å². The lowest BCUT2D eigenvalue weighted by Crippen LogP contribution is -2.61. The lowest BCUT2D eigenvalue weighted by Gasteiger charge is -2.43. The number of nitrogens with zero attached hydrogens (tertiary/aromatic N) is 1. The Kier molecular flexibility index (Phi) is 7.54. The Balaban J connectivity index is 1.45. The SMILES string of the molecule is C[C@H](NC(=O)C1(N2CC[C@@H](Oc3cccc(C(F)(F)F)c3)C2)CCOCC1)c1ccc(Br)cc1. The van der Waals surface area contributed by atoms with Gasteiger partial charge in [-0.3, -0.25) is 9.69 Å². The zero-order valence-electron chi connectivity index (χ0n) is 18.9. The highest BCUT2D eigenvalue weighted by molar-refractivity contribution is 9.10. The van der Waals surface area contributed by atoms with Gasteiger partial charge in [0.05, 0.1) is 11.6 Å². The molecule has 2 aromatic carbocycles. The second-order valence-electron chi connectivity index (χ2n) is 8.89. The molecule has 4 rings (SSSR count). The molecule has 1 N–H and O–H groups in total. The first-order valence-electron chi connectivity index (χ1n) is 11.4. The molecule has 5 nitrogen and oxygen atoms in total. The number of ether oxygens (including phenoxy) is 2. The van der Waals surface area contributed by atoms with E-state index >= 15 is 0 Å². The fourth-order valence-corrected chi connectivity index (χ4v) is 4.98. The number of benzene rings is 2. The lowest BCUT2D eigenvalue weighted by molar-refractivity contribution is -0.141. The van der Waals surface area contributed by atoms with Crippen molar-refractivity contribution in [1.29, 1.82) is 0 Å². The molecular formula is C25H28BrF3N2O3. The summed E-state index contributed by atoms with van der Waals surface area (Å²) in [7, 11) is 0. The van der Waals surface area contributed by atoms with Gasteiger partial charge in [-0.2, -0.15) is 13.2 Å². The molecule has 0 spiro atoms. The second kappa shape index (κ2) is 10.3. The smallest absolute Gasteiger partial charge is 0.416 e. The van der Waals surface area contributed by atoms with Gasteiger partial charge >= 0.3 is 6.18 Å². The van der Waals surface area contributed by atoms with Gasteiger partial charge in [-0.05, 0) is 62.1 Å². The molecule has 0 radical (unpaired) electrons. The normalized spacial score (nSPS) is 21.7. The molecule has 0 unspecified atom stereocenters. The van der Waals surface area contributed by atoms with E-state index in [0.717, 1.165) is 22.2 Å². The fourth-order valence-electron chi connectivity index (χ4n) is 4.71. The predicted octanol–water partition coefficient (Wildman–Crippen LogP) is 5.35. The Hall–Kier alpha value is -2.10. The number of carbonyl (C=O) groups is 1. The van der Waals surface area contributed by atoms with E-state index in [1.165, 1.54) is 12.1 Å². The van der Waals surface area contributed by atoms with Crippen LogP contribution in [0.4, 0.5) is 13.2 Å². The van der Waals surface area contributed by atoms with Crippen molar-refractivity contribution >= 4 is 21.8 Å². The van der Waals surface area contributed by atoms with Gasteiger partial charge in [0.1, 0.15) is 17.4 Å². The van der Waals surface area contributed by atoms with Crippen LogP contribution in [0.1, 0.15) is 43.4 Å². The van der Waals surface area contributed by atoms with E-state index in [4.69, 9.17) is 9.47 Å². The van der Waals surface area contributed by atoms with E-state index in [1.54, 1.807) is 0 Å². The van der Waals surface area contributed by atoms with E-state index in [2.05, 4.69) is 26.1 Å². The Morgan fingerprint density at radius 3 is 2.59 bits per heavy atom. The van der Waals surface area contributed by atoms with Crippen molar-refractivity contribution in [2.24, 2.45) is 0 Å². The number of carbonyl (C=O) groups excluding carboxylic acids is 1. The van der Waals surface area contributed by atoms with Crippen LogP contribution in [0, 0.1) is 0 Å². The van der Waals surface area contributed by atoms with Crippen LogP contribution in [0.3, 0.4) is 0 Å². The van der Waals surface area contributed by atoms with Gasteiger partial charge in [0, 0.05) is 30.8 Å². The molecule has 2 atom stereocenters. The molecule has 0 saturated carbocycles. The van der Waals surface area contributed by atoms with Crippen LogP contribution < -0.4 is 10.1 Å². The Morgan fingerprint density at radius 1 is 1.21 bits per heavy atom. The Labute approximate surface area is 205 Å². The molecule has 0 aliphatic carbocycles. The summed E-state index contributed by atoms with van der Waals surface area (Å²) < 4.78 is 51.6. The molecule has 0 bridgehead atoms. The molecular weight excluding hydrogens is 513 g/mol. The molecule has 9 heteroatoms. The fraction of sp³-hybridized carbons (Fsp3) is 0.480. The molecule has 2 aromatic rings. The van der Waals surface area contributed by atoms with E-state index in [1.807, 2.05) is 31.2 Å². The van der Waals surface area contributed by atoms with E-state index in [-0.39, 0.29) is 23.8 Å². The number of nitrogens with one attached hydrogen (secondary N) is 1. The maximum atomic E-state index is 13.6. The summed E-state index contributed by atoms with van der Waals surface area (Å²) in [6.45, 7) is 4.02. The molecule has 0 aromatic heterocycles. The first kappa shape index (κ1) is 25.0. The van der Waals surface area contributed by atoms with E-state index in [9.17, 15) is 18.0 Å². The standard InChI is InChI=1S/C25H28BrF3N2O3/c1-17(18-5-7-20(26)8-6-18)30-23(32)24(10-13-33-14-11-24)31-12-9-22(16-31)34-21-4-2-3-19(15-21)25(27,28)29/h2-8,15,17,22H,9-14,16H2,1H3,(H,30,32)/t17-,22+/m0/s1. The monoisotopic (exact) mass is 540 g/mol. The average molecular weight is 541 g/mol. The summed E-state index contributed by atoms with van der Waals surface area (Å²) >= 11 is 3.43. The lowest BCUT2D eigenvalue weighted by atomic mass is 9.86. The van der Waals surface area contributed by atoms with Crippen molar-refractivity contribution in [1.82, 2.24) is 10.2 Å². The minimum Gasteiger partial charge on any atom is -0.489 e. The number of hydrogen-bond acceptors (Lipinski definition) is 4. The Morgan fingerprint density at radius 2 is 1.91 bits per heavy atom. The van der Waals surface area contributed by atoms with Crippen LogP contribution in [0.15, 0.2) is 53.0 Å². The number of halogens is 4. The van der Waals surface area contributed by atoms with Gasteiger partial charge in [-0.1, -0.05) is 34.1 Å². The minimum absolute atomic E-state index is 0.0501. The van der Waals surface area contributed by atoms with Crippen molar-refractivity contribution in [3.05, 3.63) is 64.1 Å². The molecule has 184 valence electrons. The summed E-state index contributed by atoms with van der Waals surface area (Å²) in [4.78, 5) is 15.7. The number of rotatable bonds is 6. The average Bonchev–Trinajstić information content (AvgIpc) is 3.28. The van der Waals surface area contributed by atoms with Crippen molar-refractivity contribution in [3.63, 3.8) is 0 Å². The third kappa shape index (κ3) is 5.58. The van der Waals surface area contributed by atoms with Gasteiger partial charge in [-0.25, -0.2) is 0 Å². The highest BCUT2D eigenvalue weighted by atomic mass is 79.9. The zero-order valence-corrected chi connectivity index (χ0v) is 20.5. The topological polar surface area (TPSA) is 50.8 Å². The van der Waals surface area contributed by atoms with Crippen molar-refractivity contribution < 1.29 is 27.4 Å². The van der Waals surface area contributed by atoms with Crippen LogP contribution in [0.2, 0.25) is 0 Å². The summed E-state index contributed by atoms with van der Waals surface area (Å²) in [5.74, 6) is 0.141. The molecule has 34 heavy (non-hydrogen) atoms. The molecule has 2 fully saturated rings. The highest BCUT2D eigenvalue weighted by Gasteiger charge is 2.48. The molecule has 2 aliphatic rings. The summed E-state index contributed by atoms with van der Waals surface area (Å²) in [6, 6.07) is 12.6. The van der Waals surface area contributed by atoms with Gasteiger partial charge in [0.25, 0.3) is 0 Å². The summed E-state index contributed by atoms with van der Waals surface area (Å²) in [6.07, 6.45) is -2.96. The van der Waals surface area contributed by atoms with Gasteiger partial charge in [0.15, 0.2) is 0 Å². The van der Waals surface area contributed by atoms with E-state index in [0.29, 0.717) is 45.6 Å². The molecule has 2 aliphatic heterocycles. The first-order chi connectivity index (χ1) is 16.2. The molecule has 1 amide bonds. The first-order valence-corrected chi connectivity index (χ1v) is 12.2. The third-order valence-electron chi connectivity index (χ3n) is 6.67. The molecule has 2 heterocycles. The predicted molar refractivity (Wildman–Crippen MR) is 126 cm³/mol. The van der Waals surface area contributed by atoms with Crippen LogP contribution in [-0.4, -0.2) is 48.8 Å². The van der Waals surface area contributed by atoms with Crippen LogP contribution >= 0.6 is 15.9 Å². The van der Waals surface area contributed by atoms with Gasteiger partial charge in [-0.15, -0.1) is 0 Å².